The highest BCUT2D eigenvalue weighted by atomic mass is 19.1. The molecule has 0 radical (unpaired) electrons. The van der Waals surface area contributed by atoms with Crippen LogP contribution in [-0.4, -0.2) is 48.6 Å². The molecule has 0 aliphatic carbocycles. The highest BCUT2D eigenvalue weighted by molar-refractivity contribution is 5.89. The third-order valence-corrected chi connectivity index (χ3v) is 3.39. The average Bonchev–Trinajstić information content (AvgIpc) is 2.44. The fourth-order valence-electron chi connectivity index (χ4n) is 2.29. The van der Waals surface area contributed by atoms with Crippen LogP contribution in [0.4, 0.5) is 19.3 Å². The van der Waals surface area contributed by atoms with Crippen molar-refractivity contribution in [1.29, 1.82) is 0 Å². The number of carbonyl (C=O) groups is 1. The van der Waals surface area contributed by atoms with E-state index in [0.29, 0.717) is 13.1 Å². The lowest BCUT2D eigenvalue weighted by Gasteiger charge is -2.34. The predicted molar refractivity (Wildman–Crippen MR) is 73.7 cm³/mol. The smallest absolute Gasteiger partial charge is 0.322 e. The van der Waals surface area contributed by atoms with E-state index in [2.05, 4.69) is 17.1 Å². The Balaban J connectivity index is 1.93. The lowest BCUT2D eigenvalue weighted by molar-refractivity contribution is 0.147. The van der Waals surface area contributed by atoms with E-state index in [1.807, 2.05) is 0 Å². The number of amides is 2. The number of rotatable bonds is 3. The summed E-state index contributed by atoms with van der Waals surface area (Å²) >= 11 is 0. The predicted octanol–water partition coefficient (Wildman–Crippen LogP) is 2.52. The van der Waals surface area contributed by atoms with E-state index in [0.717, 1.165) is 38.2 Å². The molecule has 1 aliphatic rings. The Bertz CT molecular complexity index is 453. The summed E-state index contributed by atoms with van der Waals surface area (Å²) in [5.41, 5.74) is -0.381. The molecule has 0 spiro atoms. The standard InChI is InChI=1S/C14H19F2N3O/c1-2-6-18-7-9-19(10-8-18)14(20)17-13-11(15)4-3-5-12(13)16/h3-5H,2,6-10H2,1H3,(H,17,20). The molecule has 20 heavy (non-hydrogen) atoms. The van der Waals surface area contributed by atoms with E-state index in [9.17, 15) is 13.6 Å². The van der Waals surface area contributed by atoms with E-state index in [1.165, 1.54) is 6.07 Å². The van der Waals surface area contributed by atoms with Gasteiger partial charge in [0.15, 0.2) is 0 Å². The number of urea groups is 1. The summed E-state index contributed by atoms with van der Waals surface area (Å²) in [4.78, 5) is 15.9. The van der Waals surface area contributed by atoms with Gasteiger partial charge in [0.25, 0.3) is 0 Å². The highest BCUT2D eigenvalue weighted by Crippen LogP contribution is 2.18. The fraction of sp³-hybridized carbons (Fsp3) is 0.500. The van der Waals surface area contributed by atoms with Gasteiger partial charge in [-0.2, -0.15) is 0 Å². The van der Waals surface area contributed by atoms with Crippen LogP contribution < -0.4 is 5.32 Å². The zero-order valence-corrected chi connectivity index (χ0v) is 11.5. The van der Waals surface area contributed by atoms with Crippen molar-refractivity contribution in [3.8, 4) is 0 Å². The molecule has 1 saturated heterocycles. The van der Waals surface area contributed by atoms with Gasteiger partial charge in [0.05, 0.1) is 0 Å². The van der Waals surface area contributed by atoms with Crippen LogP contribution in [-0.2, 0) is 0 Å². The van der Waals surface area contributed by atoms with Gasteiger partial charge in [-0.3, -0.25) is 4.90 Å². The SMILES string of the molecule is CCCN1CCN(C(=O)Nc2c(F)cccc2F)CC1. The van der Waals surface area contributed by atoms with Crippen LogP contribution in [0.5, 0.6) is 0 Å². The van der Waals surface area contributed by atoms with Crippen molar-refractivity contribution in [3.63, 3.8) is 0 Å². The van der Waals surface area contributed by atoms with Gasteiger partial charge < -0.3 is 10.2 Å². The summed E-state index contributed by atoms with van der Waals surface area (Å²) < 4.78 is 26.9. The lowest BCUT2D eigenvalue weighted by Crippen LogP contribution is -2.50. The molecule has 1 fully saturated rings. The number of halogens is 2. The molecular formula is C14H19F2N3O. The second-order valence-corrected chi connectivity index (χ2v) is 4.86. The van der Waals surface area contributed by atoms with Gasteiger partial charge in [-0.15, -0.1) is 0 Å². The fourth-order valence-corrected chi connectivity index (χ4v) is 2.29. The lowest BCUT2D eigenvalue weighted by atomic mass is 10.3. The van der Waals surface area contributed by atoms with Crippen LogP contribution in [0.2, 0.25) is 0 Å². The van der Waals surface area contributed by atoms with Gasteiger partial charge in [0.1, 0.15) is 17.3 Å². The van der Waals surface area contributed by atoms with Crippen LogP contribution in [0.1, 0.15) is 13.3 Å². The maximum Gasteiger partial charge on any atom is 0.322 e. The summed E-state index contributed by atoms with van der Waals surface area (Å²) in [6.07, 6.45) is 1.08. The zero-order valence-electron chi connectivity index (χ0n) is 11.5. The molecule has 4 nitrogen and oxygen atoms in total. The first kappa shape index (κ1) is 14.7. The number of para-hydroxylation sites is 1. The monoisotopic (exact) mass is 283 g/mol. The molecule has 1 N–H and O–H groups in total. The van der Waals surface area contributed by atoms with Crippen LogP contribution in [0, 0.1) is 11.6 Å². The first-order valence-corrected chi connectivity index (χ1v) is 6.84. The normalized spacial score (nSPS) is 16.2. The minimum absolute atomic E-state index is 0.381. The van der Waals surface area contributed by atoms with Gasteiger partial charge >= 0.3 is 6.03 Å². The van der Waals surface area contributed by atoms with Crippen LogP contribution in [0.25, 0.3) is 0 Å². The Hall–Kier alpha value is -1.69. The minimum Gasteiger partial charge on any atom is -0.322 e. The van der Waals surface area contributed by atoms with Crippen molar-refractivity contribution >= 4 is 11.7 Å². The summed E-state index contributed by atoms with van der Waals surface area (Å²) in [5.74, 6) is -1.52. The maximum absolute atomic E-state index is 13.5. The van der Waals surface area contributed by atoms with E-state index in [-0.39, 0.29) is 5.69 Å². The van der Waals surface area contributed by atoms with Crippen molar-refractivity contribution in [2.75, 3.05) is 38.0 Å². The molecule has 1 aromatic rings. The largest absolute Gasteiger partial charge is 0.322 e. The summed E-state index contributed by atoms with van der Waals surface area (Å²) in [7, 11) is 0. The van der Waals surface area contributed by atoms with Gasteiger partial charge in [0, 0.05) is 26.2 Å². The summed E-state index contributed by atoms with van der Waals surface area (Å²) in [5, 5.41) is 2.31. The van der Waals surface area contributed by atoms with Crippen molar-refractivity contribution in [3.05, 3.63) is 29.8 Å². The van der Waals surface area contributed by atoms with E-state index < -0.39 is 17.7 Å². The topological polar surface area (TPSA) is 35.6 Å². The number of benzene rings is 1. The van der Waals surface area contributed by atoms with Gasteiger partial charge in [-0.05, 0) is 25.1 Å². The Morgan fingerprint density at radius 1 is 1.20 bits per heavy atom. The maximum atomic E-state index is 13.5. The molecule has 0 bridgehead atoms. The van der Waals surface area contributed by atoms with Crippen LogP contribution in [0.3, 0.4) is 0 Å². The molecule has 1 aliphatic heterocycles. The Kier molecular flexibility index (Phi) is 4.89. The highest BCUT2D eigenvalue weighted by Gasteiger charge is 2.22. The molecule has 2 amide bonds. The number of hydrogen-bond donors (Lipinski definition) is 1. The molecule has 2 rings (SSSR count). The van der Waals surface area contributed by atoms with Crippen molar-refractivity contribution in [2.24, 2.45) is 0 Å². The average molecular weight is 283 g/mol. The first-order chi connectivity index (χ1) is 9.61. The molecule has 110 valence electrons. The van der Waals surface area contributed by atoms with E-state index >= 15 is 0 Å². The number of nitrogens with one attached hydrogen (secondary N) is 1. The molecule has 0 aromatic heterocycles. The number of hydrogen-bond acceptors (Lipinski definition) is 2. The zero-order chi connectivity index (χ0) is 14.5. The Morgan fingerprint density at radius 3 is 2.35 bits per heavy atom. The van der Waals surface area contributed by atoms with Gasteiger partial charge in [-0.25, -0.2) is 13.6 Å². The number of nitrogens with zero attached hydrogens (tertiary/aromatic N) is 2. The Morgan fingerprint density at radius 2 is 1.80 bits per heavy atom. The van der Waals surface area contributed by atoms with Crippen LogP contribution in [0.15, 0.2) is 18.2 Å². The number of carbonyl (C=O) groups excluding carboxylic acids is 1. The van der Waals surface area contributed by atoms with Gasteiger partial charge in [0.2, 0.25) is 0 Å². The second kappa shape index (κ2) is 6.65. The molecule has 1 aromatic carbocycles. The van der Waals surface area contributed by atoms with E-state index in [1.54, 1.807) is 4.90 Å². The van der Waals surface area contributed by atoms with Crippen molar-refractivity contribution < 1.29 is 13.6 Å². The van der Waals surface area contributed by atoms with E-state index in [4.69, 9.17) is 0 Å². The minimum atomic E-state index is -0.761. The molecule has 0 atom stereocenters. The second-order valence-electron chi connectivity index (χ2n) is 4.86. The third kappa shape index (κ3) is 3.45. The molecule has 0 unspecified atom stereocenters. The molecule has 0 saturated carbocycles. The number of piperazine rings is 1. The number of anilines is 1. The molecular weight excluding hydrogens is 264 g/mol. The first-order valence-electron chi connectivity index (χ1n) is 6.84. The van der Waals surface area contributed by atoms with Gasteiger partial charge in [-0.1, -0.05) is 13.0 Å². The quantitative estimate of drug-likeness (QED) is 0.925. The van der Waals surface area contributed by atoms with Crippen molar-refractivity contribution in [2.45, 2.75) is 13.3 Å². The molecule has 1 heterocycles. The third-order valence-electron chi connectivity index (χ3n) is 3.39. The van der Waals surface area contributed by atoms with Crippen LogP contribution >= 0.6 is 0 Å². The van der Waals surface area contributed by atoms with Crippen molar-refractivity contribution in [1.82, 2.24) is 9.80 Å². The Labute approximate surface area is 117 Å². The molecule has 6 heteroatoms. The summed E-state index contributed by atoms with van der Waals surface area (Å²) in [6.45, 7) is 5.85. The summed E-state index contributed by atoms with van der Waals surface area (Å²) in [6, 6.07) is 3.06.